The second-order valence-corrected chi connectivity index (χ2v) is 4.63. The molecule has 1 aromatic carbocycles. The molecule has 0 fully saturated rings. The molecule has 0 aliphatic carbocycles. The number of fused-ring (bicyclic) bond motifs is 1. The number of aromatic amines is 1. The van der Waals surface area contributed by atoms with Crippen LogP contribution in [0.5, 0.6) is 0 Å². The smallest absolute Gasteiger partial charge is 0.279 e. The summed E-state index contributed by atoms with van der Waals surface area (Å²) < 4.78 is 10.4. The van der Waals surface area contributed by atoms with E-state index in [9.17, 15) is 4.79 Å². The van der Waals surface area contributed by atoms with Crippen molar-refractivity contribution in [1.29, 1.82) is 0 Å². The van der Waals surface area contributed by atoms with Gasteiger partial charge in [0, 0.05) is 5.39 Å². The van der Waals surface area contributed by atoms with Gasteiger partial charge in [0.2, 0.25) is 5.82 Å². The van der Waals surface area contributed by atoms with E-state index in [-0.39, 0.29) is 11.4 Å². The Kier molecular flexibility index (Phi) is 2.62. The molecule has 0 saturated carbocycles. The summed E-state index contributed by atoms with van der Waals surface area (Å²) in [6.45, 7) is 1.76. The molecule has 0 aliphatic heterocycles. The molecule has 0 spiro atoms. The van der Waals surface area contributed by atoms with Crippen molar-refractivity contribution in [3.63, 3.8) is 0 Å². The zero-order valence-electron chi connectivity index (χ0n) is 11.4. The van der Waals surface area contributed by atoms with Crippen LogP contribution in [0.15, 0.2) is 44.4 Å². The van der Waals surface area contributed by atoms with Crippen molar-refractivity contribution in [3.8, 4) is 23.1 Å². The summed E-state index contributed by atoms with van der Waals surface area (Å²) in [5.41, 5.74) is 0.644. The number of aryl methyl sites for hydroxylation is 1. The first-order valence-electron chi connectivity index (χ1n) is 6.46. The molecule has 8 heteroatoms. The van der Waals surface area contributed by atoms with Crippen molar-refractivity contribution >= 4 is 10.8 Å². The number of aromatic nitrogens is 5. The molecule has 22 heavy (non-hydrogen) atoms. The van der Waals surface area contributed by atoms with Crippen LogP contribution in [0.3, 0.4) is 0 Å². The van der Waals surface area contributed by atoms with Crippen LogP contribution in [-0.4, -0.2) is 25.3 Å². The number of benzene rings is 1. The SMILES string of the molecule is Cc1ocnc1-c1noc(-c2n[nH]c(=O)c3ccccc23)n1. The van der Waals surface area contributed by atoms with Gasteiger partial charge in [-0.15, -0.1) is 0 Å². The van der Waals surface area contributed by atoms with Gasteiger partial charge < -0.3 is 8.94 Å². The predicted octanol–water partition coefficient (Wildman–Crippen LogP) is 1.94. The zero-order chi connectivity index (χ0) is 15.1. The number of nitrogens with one attached hydrogen (secondary N) is 1. The minimum Gasteiger partial charge on any atom is -0.448 e. The zero-order valence-corrected chi connectivity index (χ0v) is 11.4. The van der Waals surface area contributed by atoms with Crippen LogP contribution in [0.1, 0.15) is 5.76 Å². The van der Waals surface area contributed by atoms with Crippen molar-refractivity contribution in [1.82, 2.24) is 25.3 Å². The Labute approximate surface area is 122 Å². The number of hydrogen-bond donors (Lipinski definition) is 1. The average Bonchev–Trinajstić information content (AvgIpc) is 3.17. The molecule has 0 unspecified atom stereocenters. The Morgan fingerprint density at radius 1 is 1.14 bits per heavy atom. The summed E-state index contributed by atoms with van der Waals surface area (Å²) in [5, 5.41) is 11.5. The van der Waals surface area contributed by atoms with Crippen LogP contribution in [0.2, 0.25) is 0 Å². The molecule has 4 aromatic rings. The van der Waals surface area contributed by atoms with Gasteiger partial charge in [0.15, 0.2) is 17.8 Å². The molecule has 0 atom stereocenters. The van der Waals surface area contributed by atoms with Gasteiger partial charge in [-0.25, -0.2) is 10.1 Å². The first-order valence-corrected chi connectivity index (χ1v) is 6.46. The van der Waals surface area contributed by atoms with Gasteiger partial charge in [-0.2, -0.15) is 10.1 Å². The summed E-state index contributed by atoms with van der Waals surface area (Å²) in [5.74, 6) is 1.09. The van der Waals surface area contributed by atoms with E-state index in [1.807, 2.05) is 6.07 Å². The minimum absolute atomic E-state index is 0.199. The van der Waals surface area contributed by atoms with E-state index in [1.165, 1.54) is 6.39 Å². The van der Waals surface area contributed by atoms with Gasteiger partial charge in [0.05, 0.1) is 5.39 Å². The maximum atomic E-state index is 11.8. The second-order valence-electron chi connectivity index (χ2n) is 4.63. The summed E-state index contributed by atoms with van der Waals surface area (Å²) in [4.78, 5) is 20.1. The Bertz CT molecular complexity index is 1030. The lowest BCUT2D eigenvalue weighted by Gasteiger charge is -1.99. The van der Waals surface area contributed by atoms with Crippen LogP contribution >= 0.6 is 0 Å². The molecule has 8 nitrogen and oxygen atoms in total. The van der Waals surface area contributed by atoms with Crippen LogP contribution in [0.25, 0.3) is 33.9 Å². The summed E-state index contributed by atoms with van der Waals surface area (Å²) in [7, 11) is 0. The van der Waals surface area contributed by atoms with Gasteiger partial charge in [0.25, 0.3) is 11.4 Å². The normalized spacial score (nSPS) is 11.1. The molecule has 0 radical (unpaired) electrons. The summed E-state index contributed by atoms with van der Waals surface area (Å²) >= 11 is 0. The molecule has 0 aliphatic rings. The topological polar surface area (TPSA) is 111 Å². The lowest BCUT2D eigenvalue weighted by atomic mass is 10.1. The van der Waals surface area contributed by atoms with Crippen LogP contribution in [-0.2, 0) is 0 Å². The molecule has 3 aromatic heterocycles. The largest absolute Gasteiger partial charge is 0.448 e. The molecule has 0 bridgehead atoms. The first kappa shape index (κ1) is 12.5. The molecule has 108 valence electrons. The van der Waals surface area contributed by atoms with E-state index in [0.717, 1.165) is 0 Å². The number of rotatable bonds is 2. The van der Waals surface area contributed by atoms with E-state index in [4.69, 9.17) is 8.94 Å². The highest BCUT2D eigenvalue weighted by Crippen LogP contribution is 2.25. The standard InChI is InChI=1S/C14H9N5O3/c1-7-10(15-6-21-7)12-16-14(22-19-12)11-8-4-2-3-5-9(8)13(20)18-17-11/h2-6H,1H3,(H,18,20). The minimum atomic E-state index is -0.272. The fourth-order valence-corrected chi connectivity index (χ4v) is 2.21. The summed E-state index contributed by atoms with van der Waals surface area (Å²) in [6, 6.07) is 7.07. The Morgan fingerprint density at radius 3 is 2.73 bits per heavy atom. The van der Waals surface area contributed by atoms with Gasteiger partial charge >= 0.3 is 0 Å². The van der Waals surface area contributed by atoms with Gasteiger partial charge in [-0.3, -0.25) is 4.79 Å². The third-order valence-electron chi connectivity index (χ3n) is 3.28. The second kappa shape index (κ2) is 4.62. The van der Waals surface area contributed by atoms with Gasteiger partial charge in [0.1, 0.15) is 5.76 Å². The van der Waals surface area contributed by atoms with Gasteiger partial charge in [-0.05, 0) is 13.0 Å². The molecule has 1 N–H and O–H groups in total. The maximum Gasteiger partial charge on any atom is 0.279 e. The van der Waals surface area contributed by atoms with Crippen molar-refractivity contribution in [2.24, 2.45) is 0 Å². The van der Waals surface area contributed by atoms with E-state index >= 15 is 0 Å². The highest BCUT2D eigenvalue weighted by molar-refractivity contribution is 5.91. The molecule has 3 heterocycles. The maximum absolute atomic E-state index is 11.8. The first-order chi connectivity index (χ1) is 10.7. The van der Waals surface area contributed by atoms with Crippen molar-refractivity contribution in [2.45, 2.75) is 6.92 Å². The third-order valence-corrected chi connectivity index (χ3v) is 3.28. The van der Waals surface area contributed by atoms with E-state index in [0.29, 0.717) is 33.7 Å². The Hall–Kier alpha value is -3.29. The van der Waals surface area contributed by atoms with E-state index in [2.05, 4.69) is 25.3 Å². The Balaban J connectivity index is 1.91. The summed E-state index contributed by atoms with van der Waals surface area (Å²) in [6.07, 6.45) is 1.31. The molecule has 0 saturated heterocycles. The Morgan fingerprint density at radius 2 is 1.95 bits per heavy atom. The van der Waals surface area contributed by atoms with Crippen LogP contribution < -0.4 is 5.56 Å². The highest BCUT2D eigenvalue weighted by Gasteiger charge is 2.18. The average molecular weight is 295 g/mol. The number of hydrogen-bond acceptors (Lipinski definition) is 7. The fourth-order valence-electron chi connectivity index (χ4n) is 2.21. The predicted molar refractivity (Wildman–Crippen MR) is 75.9 cm³/mol. The van der Waals surface area contributed by atoms with Gasteiger partial charge in [-0.1, -0.05) is 23.4 Å². The van der Waals surface area contributed by atoms with Crippen LogP contribution in [0.4, 0.5) is 0 Å². The third kappa shape index (κ3) is 1.81. The fraction of sp³-hybridized carbons (Fsp3) is 0.0714. The molecule has 0 amide bonds. The lowest BCUT2D eigenvalue weighted by molar-refractivity contribution is 0.430. The highest BCUT2D eigenvalue weighted by atomic mass is 16.5. The number of nitrogens with zero attached hydrogens (tertiary/aromatic N) is 4. The monoisotopic (exact) mass is 295 g/mol. The lowest BCUT2D eigenvalue weighted by Crippen LogP contribution is -2.09. The van der Waals surface area contributed by atoms with Crippen molar-refractivity contribution in [2.75, 3.05) is 0 Å². The molecule has 4 rings (SSSR count). The van der Waals surface area contributed by atoms with Crippen molar-refractivity contribution < 1.29 is 8.94 Å². The van der Waals surface area contributed by atoms with Crippen molar-refractivity contribution in [3.05, 3.63) is 46.8 Å². The number of oxazole rings is 1. The van der Waals surface area contributed by atoms with E-state index in [1.54, 1.807) is 25.1 Å². The van der Waals surface area contributed by atoms with E-state index < -0.39 is 0 Å². The molecular weight excluding hydrogens is 286 g/mol. The molecular formula is C14H9N5O3. The van der Waals surface area contributed by atoms with Crippen LogP contribution in [0, 0.1) is 6.92 Å². The number of H-pyrrole nitrogens is 1. The quantitative estimate of drug-likeness (QED) is 0.601.